The molecule has 3 rings (SSSR count). The largest absolute Gasteiger partial charge is 0.491 e. The van der Waals surface area contributed by atoms with Gasteiger partial charge in [0.1, 0.15) is 0 Å². The van der Waals surface area contributed by atoms with Crippen molar-refractivity contribution in [3.8, 4) is 17.0 Å². The van der Waals surface area contributed by atoms with E-state index in [1.165, 1.54) is 76.7 Å². The molecule has 0 atom stereocenters. The SMILES string of the molecule is CCCCCCCCCC1COC(c2ccc(-c3ccc(OCCCCCCC)c(F)c3)nc2)OC1. The third-order valence-electron chi connectivity index (χ3n) is 6.97. The molecular weight excluding hydrogens is 453 g/mol. The van der Waals surface area contributed by atoms with Crippen molar-refractivity contribution in [3.63, 3.8) is 0 Å². The zero-order chi connectivity index (χ0) is 25.4. The zero-order valence-electron chi connectivity index (χ0n) is 22.5. The Morgan fingerprint density at radius 2 is 1.50 bits per heavy atom. The molecule has 1 aromatic carbocycles. The van der Waals surface area contributed by atoms with Crippen LogP contribution in [0.15, 0.2) is 36.5 Å². The van der Waals surface area contributed by atoms with Gasteiger partial charge in [0, 0.05) is 23.2 Å². The third-order valence-corrected chi connectivity index (χ3v) is 6.97. The van der Waals surface area contributed by atoms with E-state index in [0.717, 1.165) is 42.9 Å². The lowest BCUT2D eigenvalue weighted by atomic mass is 10.0. The molecule has 0 bridgehead atoms. The summed E-state index contributed by atoms with van der Waals surface area (Å²) in [4.78, 5) is 4.54. The minimum atomic E-state index is -0.373. The molecule has 200 valence electrons. The number of hydrogen-bond donors (Lipinski definition) is 0. The van der Waals surface area contributed by atoms with E-state index < -0.39 is 0 Å². The maximum atomic E-state index is 14.6. The van der Waals surface area contributed by atoms with Gasteiger partial charge >= 0.3 is 0 Å². The highest BCUT2D eigenvalue weighted by Crippen LogP contribution is 2.29. The highest BCUT2D eigenvalue weighted by Gasteiger charge is 2.23. The van der Waals surface area contributed by atoms with Crippen LogP contribution in [-0.4, -0.2) is 24.8 Å². The number of rotatable bonds is 17. The lowest BCUT2D eigenvalue weighted by molar-refractivity contribution is -0.206. The minimum absolute atomic E-state index is 0.306. The molecule has 5 heteroatoms. The van der Waals surface area contributed by atoms with Gasteiger partial charge in [-0.25, -0.2) is 4.39 Å². The standard InChI is InChI=1S/C31H46FNO3/c1-3-5-7-9-10-11-13-15-25-23-35-31(36-24-25)27-16-18-29(33-22-27)26-17-19-30(28(32)21-26)34-20-14-12-8-6-4-2/h16-19,21-22,25,31H,3-15,20,23-24H2,1-2H3. The van der Waals surface area contributed by atoms with Crippen molar-refractivity contribution >= 4 is 0 Å². The topological polar surface area (TPSA) is 40.6 Å². The fourth-order valence-corrected chi connectivity index (χ4v) is 4.67. The molecule has 2 heterocycles. The van der Waals surface area contributed by atoms with Gasteiger partial charge in [-0.1, -0.05) is 90.5 Å². The first-order valence-electron chi connectivity index (χ1n) is 14.3. The molecule has 0 spiro atoms. The molecule has 4 nitrogen and oxygen atoms in total. The molecule has 1 aliphatic heterocycles. The van der Waals surface area contributed by atoms with E-state index in [1.54, 1.807) is 12.3 Å². The number of nitrogens with zero attached hydrogens (tertiary/aromatic N) is 1. The molecule has 36 heavy (non-hydrogen) atoms. The average Bonchev–Trinajstić information content (AvgIpc) is 2.91. The molecule has 1 saturated heterocycles. The predicted molar refractivity (Wildman–Crippen MR) is 145 cm³/mol. The van der Waals surface area contributed by atoms with Gasteiger partial charge in [-0.05, 0) is 37.1 Å². The monoisotopic (exact) mass is 499 g/mol. The van der Waals surface area contributed by atoms with E-state index in [-0.39, 0.29) is 12.1 Å². The van der Waals surface area contributed by atoms with Crippen molar-refractivity contribution in [2.45, 2.75) is 104 Å². The molecular formula is C31H46FNO3. The molecule has 0 amide bonds. The molecule has 1 aliphatic rings. The van der Waals surface area contributed by atoms with Crippen molar-refractivity contribution in [1.82, 2.24) is 4.98 Å². The van der Waals surface area contributed by atoms with Gasteiger partial charge < -0.3 is 14.2 Å². The fourth-order valence-electron chi connectivity index (χ4n) is 4.67. The van der Waals surface area contributed by atoms with Gasteiger partial charge in [0.2, 0.25) is 0 Å². The maximum absolute atomic E-state index is 14.6. The molecule has 1 fully saturated rings. The first kappa shape index (κ1) is 28.6. The van der Waals surface area contributed by atoms with Crippen LogP contribution in [0.1, 0.15) is 109 Å². The molecule has 0 N–H and O–H groups in total. The van der Waals surface area contributed by atoms with Crippen LogP contribution in [0.5, 0.6) is 5.75 Å². The summed E-state index contributed by atoms with van der Waals surface area (Å²) in [5.41, 5.74) is 2.35. The lowest BCUT2D eigenvalue weighted by Crippen LogP contribution is -2.27. The zero-order valence-corrected chi connectivity index (χ0v) is 22.5. The minimum Gasteiger partial charge on any atom is -0.491 e. The van der Waals surface area contributed by atoms with Crippen LogP contribution in [0, 0.1) is 11.7 Å². The summed E-state index contributed by atoms with van der Waals surface area (Å²) in [5.74, 6) is 0.433. The molecule has 0 unspecified atom stereocenters. The molecule has 0 saturated carbocycles. The van der Waals surface area contributed by atoms with E-state index in [4.69, 9.17) is 14.2 Å². The Morgan fingerprint density at radius 1 is 0.833 bits per heavy atom. The number of ether oxygens (including phenoxy) is 3. The maximum Gasteiger partial charge on any atom is 0.185 e. The summed E-state index contributed by atoms with van der Waals surface area (Å²) < 4.78 is 32.2. The number of unbranched alkanes of at least 4 members (excludes halogenated alkanes) is 10. The second kappa shape index (κ2) is 16.7. The first-order valence-corrected chi connectivity index (χ1v) is 14.3. The van der Waals surface area contributed by atoms with Crippen LogP contribution in [0.2, 0.25) is 0 Å². The molecule has 0 radical (unpaired) electrons. The van der Waals surface area contributed by atoms with Crippen LogP contribution >= 0.6 is 0 Å². The van der Waals surface area contributed by atoms with Crippen molar-refractivity contribution in [2.24, 2.45) is 5.92 Å². The van der Waals surface area contributed by atoms with E-state index in [0.29, 0.717) is 18.3 Å². The third kappa shape index (κ3) is 9.82. The summed E-state index contributed by atoms with van der Waals surface area (Å²) in [5, 5.41) is 0. The summed E-state index contributed by atoms with van der Waals surface area (Å²) in [6.45, 7) is 6.46. The van der Waals surface area contributed by atoms with Gasteiger partial charge in [0.05, 0.1) is 25.5 Å². The Morgan fingerprint density at radius 3 is 2.14 bits per heavy atom. The number of hydrogen-bond acceptors (Lipinski definition) is 4. The fraction of sp³-hybridized carbons (Fsp3) is 0.645. The van der Waals surface area contributed by atoms with Gasteiger partial charge in [-0.2, -0.15) is 0 Å². The Labute approximate surface area is 218 Å². The highest BCUT2D eigenvalue weighted by molar-refractivity contribution is 5.60. The smallest absolute Gasteiger partial charge is 0.185 e. The molecule has 2 aromatic rings. The van der Waals surface area contributed by atoms with E-state index in [1.807, 2.05) is 18.2 Å². The highest BCUT2D eigenvalue weighted by atomic mass is 19.1. The Kier molecular flexibility index (Phi) is 13.3. The molecule has 1 aromatic heterocycles. The number of halogens is 1. The summed E-state index contributed by atoms with van der Waals surface area (Å²) in [7, 11) is 0. The molecule has 0 aliphatic carbocycles. The van der Waals surface area contributed by atoms with Crippen molar-refractivity contribution in [3.05, 3.63) is 47.9 Å². The van der Waals surface area contributed by atoms with Gasteiger partial charge in [-0.15, -0.1) is 0 Å². The summed E-state index contributed by atoms with van der Waals surface area (Å²) in [6, 6.07) is 8.92. The van der Waals surface area contributed by atoms with E-state index in [2.05, 4.69) is 18.8 Å². The van der Waals surface area contributed by atoms with Gasteiger partial charge in [0.25, 0.3) is 0 Å². The lowest BCUT2D eigenvalue weighted by Gasteiger charge is -2.29. The van der Waals surface area contributed by atoms with Crippen molar-refractivity contribution < 1.29 is 18.6 Å². The number of aromatic nitrogens is 1. The first-order chi connectivity index (χ1) is 17.7. The number of pyridine rings is 1. The van der Waals surface area contributed by atoms with Crippen LogP contribution in [-0.2, 0) is 9.47 Å². The Balaban J connectivity index is 1.39. The van der Waals surface area contributed by atoms with Crippen molar-refractivity contribution in [2.75, 3.05) is 19.8 Å². The second-order valence-corrected chi connectivity index (χ2v) is 10.2. The average molecular weight is 500 g/mol. The Hall–Kier alpha value is -1.98. The van der Waals surface area contributed by atoms with Crippen LogP contribution < -0.4 is 4.74 Å². The van der Waals surface area contributed by atoms with Crippen LogP contribution in [0.4, 0.5) is 4.39 Å². The quantitative estimate of drug-likeness (QED) is 0.204. The normalized spacial score (nSPS) is 17.9. The summed E-state index contributed by atoms with van der Waals surface area (Å²) in [6.07, 6.45) is 17.6. The van der Waals surface area contributed by atoms with Crippen LogP contribution in [0.25, 0.3) is 11.3 Å². The second-order valence-electron chi connectivity index (χ2n) is 10.2. The number of benzene rings is 1. The summed E-state index contributed by atoms with van der Waals surface area (Å²) >= 11 is 0. The van der Waals surface area contributed by atoms with Gasteiger partial charge in [0.15, 0.2) is 17.9 Å². The van der Waals surface area contributed by atoms with Crippen molar-refractivity contribution in [1.29, 1.82) is 0 Å². The Bertz CT molecular complexity index is 849. The van der Waals surface area contributed by atoms with Gasteiger partial charge in [-0.3, -0.25) is 4.98 Å². The van der Waals surface area contributed by atoms with E-state index >= 15 is 0 Å². The van der Waals surface area contributed by atoms with E-state index in [9.17, 15) is 4.39 Å². The predicted octanol–water partition coefficient (Wildman–Crippen LogP) is 9.04. The van der Waals surface area contributed by atoms with Crippen LogP contribution in [0.3, 0.4) is 0 Å².